The smallest absolute Gasteiger partial charge is 0.353 e. The molecule has 0 bridgehead atoms. The summed E-state index contributed by atoms with van der Waals surface area (Å²) in [4.78, 5) is -0.289. The topological polar surface area (TPSA) is 375 Å². The summed E-state index contributed by atoms with van der Waals surface area (Å²) in [5.41, 5.74) is 16.1. The molecular formula is C85H71Br4Cl6NO21S5. The average molecular weight is 2140 g/mol. The van der Waals surface area contributed by atoms with Crippen molar-refractivity contribution < 1.29 is 95.7 Å². The van der Waals surface area contributed by atoms with Crippen molar-refractivity contribution in [3.05, 3.63) is 327 Å². The summed E-state index contributed by atoms with van der Waals surface area (Å²) in [6.45, 7) is 0. The van der Waals surface area contributed by atoms with Gasteiger partial charge in [0.25, 0.3) is 10.1 Å². The van der Waals surface area contributed by atoms with Gasteiger partial charge in [-0.1, -0.05) is 210 Å². The number of hydrogen-bond donors (Lipinski definition) is 8. The van der Waals surface area contributed by atoms with Crippen LogP contribution in [0, 0.1) is 0 Å². The Balaban J connectivity index is 0.000000206. The van der Waals surface area contributed by atoms with E-state index in [-0.39, 0.29) is 99.1 Å². The highest BCUT2D eigenvalue weighted by molar-refractivity contribution is 9.11. The Morgan fingerprint density at radius 1 is 0.295 bits per heavy atom. The molecule has 0 saturated carbocycles. The maximum atomic E-state index is 12.9. The van der Waals surface area contributed by atoms with E-state index >= 15 is 0 Å². The van der Waals surface area contributed by atoms with E-state index in [2.05, 4.69) is 86.5 Å². The first-order chi connectivity index (χ1) is 57.4. The Bertz CT molecular complexity index is 6180. The van der Waals surface area contributed by atoms with Gasteiger partial charge in [0.1, 0.15) is 51.7 Å². The van der Waals surface area contributed by atoms with Gasteiger partial charge < -0.3 is 50.2 Å². The fraction of sp³-hybridized carbons (Fsp3) is 0.0824. The van der Waals surface area contributed by atoms with Crippen molar-refractivity contribution >= 4 is 187 Å². The Hall–Kier alpha value is -8.81. The van der Waals surface area contributed by atoms with Crippen molar-refractivity contribution in [3.63, 3.8) is 0 Å². The number of para-hydroxylation sites is 1. The second-order valence-electron chi connectivity index (χ2n) is 25.1. The van der Waals surface area contributed by atoms with Gasteiger partial charge in [0, 0.05) is 27.4 Å². The molecule has 0 aliphatic carbocycles. The van der Waals surface area contributed by atoms with E-state index < -0.39 is 49.0 Å². The van der Waals surface area contributed by atoms with E-state index in [1.165, 1.54) is 63.8 Å². The molecule has 0 amide bonds. The van der Waals surface area contributed by atoms with E-state index in [4.69, 9.17) is 110 Å². The standard InChI is InChI=1S/2C20H16BrClO4S.C20H17ClO4S.C13H13NO.C6H4BrClO4S.C6H4BrClO.ClHO3S/c2*1-26-19-8-7-14(13-5-3-2-4-6-13)9-15(19)12-27(24,25)16-10-17(21)20(23)18(22)11-16;1-25-20-10-7-15(14-5-3-2-4-6-14)11-16(20)13-26(23,24)17-8-9-19(22)18(21)12-17;1-15-13-8-7-11(9-12(13)14)10-5-3-2-4-6-10;7-4-1-3(13(10,11)12)2-5(8)6(4)9;7-4-2-1-3-5(8)6(4)9;1-5(2,3)4/h2*2-11,23H,12H2,1H3;2-12,22H,13H2,1H3;2-9H,14H2,1H3;1-2,9H,(H,10,11,12);1-3,9H;(H,2,3,4). The van der Waals surface area contributed by atoms with Crippen molar-refractivity contribution in [1.29, 1.82) is 0 Å². The number of phenols is 5. The first-order valence-corrected chi connectivity index (χ1v) is 48.3. The van der Waals surface area contributed by atoms with Gasteiger partial charge in [0.2, 0.25) is 0 Å². The molecular weight excluding hydrogens is 2060 g/mol. The minimum Gasteiger partial charge on any atom is -0.506 e. The lowest BCUT2D eigenvalue weighted by molar-refractivity contribution is 0.411. The number of phenolic OH excluding ortho intramolecular Hbond substituents is 5. The fourth-order valence-corrected chi connectivity index (χ4v) is 19.4. The molecule has 37 heteroatoms. The number of hydrogen-bond acceptors (Lipinski definition) is 20. The third-order valence-corrected chi connectivity index (χ3v) is 26.4. The maximum absolute atomic E-state index is 12.9. The molecule has 0 saturated heterocycles. The first-order valence-electron chi connectivity index (χ1n) is 34.5. The minimum atomic E-state index is -4.29. The van der Waals surface area contributed by atoms with Gasteiger partial charge in [0.15, 0.2) is 29.5 Å². The average Bonchev–Trinajstić information content (AvgIpc) is 0.804. The predicted octanol–water partition coefficient (Wildman–Crippen LogP) is 23.4. The number of ether oxygens (including phenoxy) is 4. The molecule has 13 aromatic carbocycles. The number of anilines is 1. The van der Waals surface area contributed by atoms with E-state index in [0.29, 0.717) is 49.1 Å². The Labute approximate surface area is 768 Å². The fourth-order valence-electron chi connectivity index (χ4n) is 10.8. The van der Waals surface area contributed by atoms with E-state index in [0.717, 1.165) is 62.4 Å². The molecule has 13 rings (SSSR count). The zero-order chi connectivity index (χ0) is 90.2. The monoisotopic (exact) mass is 2130 g/mol. The molecule has 0 radical (unpaired) electrons. The lowest BCUT2D eigenvalue weighted by Gasteiger charge is -2.13. The van der Waals surface area contributed by atoms with Crippen LogP contribution in [0.25, 0.3) is 44.5 Å². The zero-order valence-corrected chi connectivity index (χ0v) is 78.7. The number of nitrogens with two attached hydrogens (primary N) is 1. The van der Waals surface area contributed by atoms with Crippen molar-refractivity contribution in [3.8, 4) is 96.3 Å². The summed E-state index contributed by atoms with van der Waals surface area (Å²) in [5, 5.41) is 47.3. The van der Waals surface area contributed by atoms with Crippen LogP contribution in [0.2, 0.25) is 25.1 Å². The number of halogens is 10. The van der Waals surface area contributed by atoms with Gasteiger partial charge in [-0.05, 0) is 223 Å². The normalized spacial score (nSPS) is 11.1. The Morgan fingerprint density at radius 2 is 0.574 bits per heavy atom. The number of methoxy groups -OCH3 is 4. The Kier molecular flexibility index (Phi) is 37.6. The van der Waals surface area contributed by atoms with Gasteiger partial charge in [0.05, 0.1) is 114 Å². The molecule has 642 valence electrons. The highest BCUT2D eigenvalue weighted by atomic mass is 79.9. The van der Waals surface area contributed by atoms with Crippen molar-refractivity contribution in [2.75, 3.05) is 34.2 Å². The first kappa shape index (κ1) is 100. The summed E-state index contributed by atoms with van der Waals surface area (Å²) in [7, 11) is -9.38. The van der Waals surface area contributed by atoms with E-state index in [9.17, 15) is 49.0 Å². The van der Waals surface area contributed by atoms with E-state index in [1.54, 1.807) is 43.5 Å². The number of nitrogen functional groups attached to an aromatic ring is 1. The summed E-state index contributed by atoms with van der Waals surface area (Å²) >= 11 is 40.9. The van der Waals surface area contributed by atoms with Crippen LogP contribution in [0.15, 0.2) is 304 Å². The van der Waals surface area contributed by atoms with Gasteiger partial charge in [-0.15, -0.1) is 0 Å². The molecule has 0 aliphatic heterocycles. The third kappa shape index (κ3) is 29.7. The summed E-state index contributed by atoms with van der Waals surface area (Å²) in [6.07, 6.45) is 0. The highest BCUT2D eigenvalue weighted by Gasteiger charge is 2.25. The molecule has 0 spiro atoms. The van der Waals surface area contributed by atoms with E-state index in [1.807, 2.05) is 164 Å². The van der Waals surface area contributed by atoms with Gasteiger partial charge >= 0.3 is 9.33 Å². The molecule has 0 atom stereocenters. The number of aromatic hydroxyl groups is 5. The molecule has 0 aliphatic rings. The van der Waals surface area contributed by atoms with Crippen LogP contribution in [0.5, 0.6) is 51.7 Å². The molecule has 0 aromatic heterocycles. The van der Waals surface area contributed by atoms with Crippen LogP contribution in [0.4, 0.5) is 5.69 Å². The lowest BCUT2D eigenvalue weighted by Crippen LogP contribution is -2.07. The molecule has 0 unspecified atom stereocenters. The minimum absolute atomic E-state index is 0.00363. The van der Waals surface area contributed by atoms with Crippen LogP contribution < -0.4 is 24.7 Å². The lowest BCUT2D eigenvalue weighted by atomic mass is 10.0. The van der Waals surface area contributed by atoms with Crippen molar-refractivity contribution in [2.45, 2.75) is 36.8 Å². The molecule has 0 heterocycles. The predicted molar refractivity (Wildman–Crippen MR) is 494 cm³/mol. The quantitative estimate of drug-likeness (QED) is 0.0225. The van der Waals surface area contributed by atoms with Crippen LogP contribution in [-0.4, -0.2) is 105 Å². The number of rotatable bonds is 18. The summed E-state index contributed by atoms with van der Waals surface area (Å²) < 4.78 is 155. The molecule has 122 heavy (non-hydrogen) atoms. The molecule has 9 N–H and O–H groups in total. The second-order valence-corrected chi connectivity index (χ2v) is 39.9. The summed E-state index contributed by atoms with van der Waals surface area (Å²) in [6, 6.07) is 77.5. The number of benzene rings is 13. The van der Waals surface area contributed by atoms with Gasteiger partial charge in [-0.3, -0.25) is 9.11 Å². The van der Waals surface area contributed by atoms with Crippen LogP contribution >= 0.6 is 132 Å². The highest BCUT2D eigenvalue weighted by Crippen LogP contribution is 2.41. The van der Waals surface area contributed by atoms with Crippen LogP contribution in [0.1, 0.15) is 16.7 Å². The molecule has 13 aromatic rings. The summed E-state index contributed by atoms with van der Waals surface area (Å²) in [5.74, 6) is 0.713. The molecule has 0 fully saturated rings. The third-order valence-electron chi connectivity index (χ3n) is 16.7. The van der Waals surface area contributed by atoms with Crippen molar-refractivity contribution in [1.82, 2.24) is 0 Å². The number of sulfone groups is 3. The van der Waals surface area contributed by atoms with Gasteiger partial charge in [-0.2, -0.15) is 16.8 Å². The van der Waals surface area contributed by atoms with Gasteiger partial charge in [-0.25, -0.2) is 25.3 Å². The van der Waals surface area contributed by atoms with Crippen LogP contribution in [0.3, 0.4) is 0 Å². The maximum Gasteiger partial charge on any atom is 0.353 e. The van der Waals surface area contributed by atoms with Crippen LogP contribution in [-0.2, 0) is 66.2 Å². The Morgan fingerprint density at radius 3 is 0.852 bits per heavy atom. The second kappa shape index (κ2) is 45.7. The van der Waals surface area contributed by atoms with Crippen molar-refractivity contribution in [2.24, 2.45) is 0 Å². The SMILES string of the molecule is COc1ccc(-c2ccccc2)cc1CS(=O)(=O)c1cc(Cl)c(O)c(Br)c1.COc1ccc(-c2ccccc2)cc1CS(=O)(=O)c1cc(Cl)c(O)c(Br)c1.COc1ccc(-c2ccccc2)cc1CS(=O)(=O)c1ccc(O)c(Cl)c1.COc1ccc(-c2ccccc2)cc1N.O=S(=O)(O)Cl.O=S(=O)(O)c1cc(Cl)c(O)c(Br)c1.Oc1c(Cl)cccc1Br. The molecule has 22 nitrogen and oxygen atoms in total. The largest absolute Gasteiger partial charge is 0.506 e. The zero-order valence-electron chi connectivity index (χ0n) is 63.8.